The molecule has 21 heavy (non-hydrogen) atoms. The number of rotatable bonds is 5. The third kappa shape index (κ3) is 3.68. The van der Waals surface area contributed by atoms with Crippen LogP contribution < -0.4 is 10.6 Å². The maximum absolute atomic E-state index is 12.0. The van der Waals surface area contributed by atoms with Crippen molar-refractivity contribution in [3.05, 3.63) is 29.7 Å². The zero-order valence-corrected chi connectivity index (χ0v) is 12.3. The van der Waals surface area contributed by atoms with E-state index < -0.39 is 0 Å². The molecule has 0 unspecified atom stereocenters. The summed E-state index contributed by atoms with van der Waals surface area (Å²) >= 11 is 0. The summed E-state index contributed by atoms with van der Waals surface area (Å²) in [6.45, 7) is 4.19. The fourth-order valence-corrected chi connectivity index (χ4v) is 1.89. The monoisotopic (exact) mass is 290 g/mol. The van der Waals surface area contributed by atoms with E-state index in [1.165, 1.54) is 0 Å². The van der Waals surface area contributed by atoms with E-state index in [-0.39, 0.29) is 18.4 Å². The molecule has 2 heterocycles. The smallest absolute Gasteiger partial charge is 0.269 e. The first-order chi connectivity index (χ1) is 9.99. The number of carbonyl (C=O) groups excluding carboxylic acids is 2. The molecule has 0 aromatic carbocycles. The Balaban J connectivity index is 1.90. The molecule has 2 rings (SSSR count). The van der Waals surface area contributed by atoms with Crippen molar-refractivity contribution in [2.75, 3.05) is 11.9 Å². The van der Waals surface area contributed by atoms with Gasteiger partial charge >= 0.3 is 0 Å². The van der Waals surface area contributed by atoms with Crippen LogP contribution in [0.15, 0.2) is 18.3 Å². The Morgan fingerprint density at radius 3 is 2.71 bits per heavy atom. The summed E-state index contributed by atoms with van der Waals surface area (Å²) in [4.78, 5) is 23.7. The van der Waals surface area contributed by atoms with Crippen molar-refractivity contribution in [3.8, 4) is 0 Å². The Morgan fingerprint density at radius 1 is 1.33 bits per heavy atom. The van der Waals surface area contributed by atoms with Crippen LogP contribution in [0.2, 0.25) is 0 Å². The van der Waals surface area contributed by atoms with Gasteiger partial charge in [0.2, 0.25) is 5.91 Å². The third-order valence-electron chi connectivity index (χ3n) is 2.82. The molecular formula is C13H18N6O2. The molecule has 0 aliphatic heterocycles. The van der Waals surface area contributed by atoms with Gasteiger partial charge in [0.15, 0.2) is 5.82 Å². The lowest BCUT2D eigenvalue weighted by atomic mass is 10.3. The van der Waals surface area contributed by atoms with Crippen LogP contribution in [0.3, 0.4) is 0 Å². The Bertz CT molecular complexity index is 657. The number of carbonyl (C=O) groups is 2. The second kappa shape index (κ2) is 6.21. The standard InChI is InChI=1S/C13H18N6O2/c1-4-19-10(7-9(2)16-19)13(21)14-8-12(20)15-11-5-6-18(3)17-11/h5-7H,4,8H2,1-3H3,(H,14,21)(H,15,17,20). The van der Waals surface area contributed by atoms with E-state index in [1.807, 2.05) is 13.8 Å². The summed E-state index contributed by atoms with van der Waals surface area (Å²) in [5.41, 5.74) is 1.21. The molecule has 0 radical (unpaired) electrons. The normalized spacial score (nSPS) is 10.4. The largest absolute Gasteiger partial charge is 0.342 e. The van der Waals surface area contributed by atoms with Gasteiger partial charge in [-0.05, 0) is 19.9 Å². The van der Waals surface area contributed by atoms with Gasteiger partial charge in [-0.2, -0.15) is 10.2 Å². The van der Waals surface area contributed by atoms with Gasteiger partial charge in [0.25, 0.3) is 5.91 Å². The van der Waals surface area contributed by atoms with E-state index >= 15 is 0 Å². The molecule has 2 aromatic rings. The number of anilines is 1. The molecule has 0 saturated carbocycles. The van der Waals surface area contributed by atoms with Crippen molar-refractivity contribution in [2.45, 2.75) is 20.4 Å². The van der Waals surface area contributed by atoms with Crippen molar-refractivity contribution in [2.24, 2.45) is 7.05 Å². The van der Waals surface area contributed by atoms with Gasteiger partial charge in [-0.15, -0.1) is 0 Å². The first-order valence-electron chi connectivity index (χ1n) is 6.61. The summed E-state index contributed by atoms with van der Waals surface area (Å²) < 4.78 is 3.18. The van der Waals surface area contributed by atoms with Crippen molar-refractivity contribution >= 4 is 17.6 Å². The zero-order valence-electron chi connectivity index (χ0n) is 12.3. The number of amides is 2. The van der Waals surface area contributed by atoms with Gasteiger partial charge < -0.3 is 10.6 Å². The number of nitrogens with one attached hydrogen (secondary N) is 2. The maximum Gasteiger partial charge on any atom is 0.269 e. The highest BCUT2D eigenvalue weighted by molar-refractivity contribution is 5.98. The average molecular weight is 290 g/mol. The number of aromatic nitrogens is 4. The lowest BCUT2D eigenvalue weighted by molar-refractivity contribution is -0.115. The predicted octanol–water partition coefficient (Wildman–Crippen LogP) is 0.313. The van der Waals surface area contributed by atoms with Crippen LogP contribution in [0.5, 0.6) is 0 Å². The van der Waals surface area contributed by atoms with Crippen LogP contribution >= 0.6 is 0 Å². The quantitative estimate of drug-likeness (QED) is 0.829. The van der Waals surface area contributed by atoms with E-state index in [4.69, 9.17) is 0 Å². The first kappa shape index (κ1) is 14.8. The zero-order chi connectivity index (χ0) is 15.4. The topological polar surface area (TPSA) is 93.8 Å². The lowest BCUT2D eigenvalue weighted by Crippen LogP contribution is -2.34. The number of aryl methyl sites for hydroxylation is 3. The van der Waals surface area contributed by atoms with Gasteiger partial charge in [0.1, 0.15) is 5.69 Å². The third-order valence-corrected chi connectivity index (χ3v) is 2.82. The molecule has 0 aliphatic rings. The number of hydrogen-bond acceptors (Lipinski definition) is 4. The Hall–Kier alpha value is -2.64. The van der Waals surface area contributed by atoms with E-state index in [1.54, 1.807) is 34.7 Å². The molecule has 2 aromatic heterocycles. The van der Waals surface area contributed by atoms with Crippen LogP contribution in [0.1, 0.15) is 23.1 Å². The van der Waals surface area contributed by atoms with Crippen molar-refractivity contribution < 1.29 is 9.59 Å². The van der Waals surface area contributed by atoms with E-state index in [9.17, 15) is 9.59 Å². The van der Waals surface area contributed by atoms with E-state index in [0.29, 0.717) is 18.1 Å². The van der Waals surface area contributed by atoms with E-state index in [0.717, 1.165) is 5.69 Å². The summed E-state index contributed by atoms with van der Waals surface area (Å²) in [7, 11) is 1.76. The second-order valence-corrected chi connectivity index (χ2v) is 4.59. The van der Waals surface area contributed by atoms with Gasteiger partial charge in [0, 0.05) is 25.9 Å². The summed E-state index contributed by atoms with van der Waals surface area (Å²) in [6.07, 6.45) is 1.72. The SMILES string of the molecule is CCn1nc(C)cc1C(=O)NCC(=O)Nc1ccn(C)n1. The van der Waals surface area contributed by atoms with Gasteiger partial charge in [-0.25, -0.2) is 0 Å². The molecule has 2 N–H and O–H groups in total. The van der Waals surface area contributed by atoms with Crippen molar-refractivity contribution in [1.82, 2.24) is 24.9 Å². The highest BCUT2D eigenvalue weighted by Gasteiger charge is 2.14. The molecule has 8 heteroatoms. The molecule has 0 fully saturated rings. The number of nitrogens with zero attached hydrogens (tertiary/aromatic N) is 4. The van der Waals surface area contributed by atoms with Crippen LogP contribution in [0.4, 0.5) is 5.82 Å². The Morgan fingerprint density at radius 2 is 2.10 bits per heavy atom. The fourth-order valence-electron chi connectivity index (χ4n) is 1.89. The molecule has 8 nitrogen and oxygen atoms in total. The van der Waals surface area contributed by atoms with Crippen molar-refractivity contribution in [1.29, 1.82) is 0 Å². The van der Waals surface area contributed by atoms with Crippen LogP contribution in [-0.2, 0) is 18.4 Å². The number of hydrogen-bond donors (Lipinski definition) is 2. The summed E-state index contributed by atoms with van der Waals surface area (Å²) in [6, 6.07) is 3.37. The average Bonchev–Trinajstić information content (AvgIpc) is 3.01. The highest BCUT2D eigenvalue weighted by atomic mass is 16.2. The van der Waals surface area contributed by atoms with Gasteiger partial charge in [-0.3, -0.25) is 19.0 Å². The second-order valence-electron chi connectivity index (χ2n) is 4.59. The van der Waals surface area contributed by atoms with E-state index in [2.05, 4.69) is 20.8 Å². The first-order valence-corrected chi connectivity index (χ1v) is 6.61. The molecule has 0 aliphatic carbocycles. The van der Waals surface area contributed by atoms with Crippen LogP contribution in [0.25, 0.3) is 0 Å². The lowest BCUT2D eigenvalue weighted by Gasteiger charge is -2.06. The summed E-state index contributed by atoms with van der Waals surface area (Å²) in [5, 5.41) is 13.4. The minimum Gasteiger partial charge on any atom is -0.342 e. The van der Waals surface area contributed by atoms with Gasteiger partial charge in [-0.1, -0.05) is 0 Å². The van der Waals surface area contributed by atoms with Crippen molar-refractivity contribution in [3.63, 3.8) is 0 Å². The van der Waals surface area contributed by atoms with Gasteiger partial charge in [0.05, 0.1) is 12.2 Å². The molecule has 0 saturated heterocycles. The Kier molecular flexibility index (Phi) is 4.36. The summed E-state index contributed by atoms with van der Waals surface area (Å²) in [5.74, 6) is -0.207. The Labute approximate surface area is 122 Å². The maximum atomic E-state index is 12.0. The molecule has 112 valence electrons. The molecule has 0 atom stereocenters. The molecule has 0 spiro atoms. The van der Waals surface area contributed by atoms with Crippen LogP contribution in [0, 0.1) is 6.92 Å². The molecular weight excluding hydrogens is 272 g/mol. The highest BCUT2D eigenvalue weighted by Crippen LogP contribution is 2.04. The molecule has 0 bridgehead atoms. The predicted molar refractivity (Wildman–Crippen MR) is 76.8 cm³/mol. The minimum absolute atomic E-state index is 0.122. The van der Waals surface area contributed by atoms with Crippen LogP contribution in [-0.4, -0.2) is 37.9 Å². The minimum atomic E-state index is -0.332. The molecule has 2 amide bonds. The fraction of sp³-hybridized carbons (Fsp3) is 0.385.